The van der Waals surface area contributed by atoms with Crippen molar-refractivity contribution in [2.75, 3.05) is 13.0 Å². The molecule has 1 heterocycles. The number of halogens is 2. The van der Waals surface area contributed by atoms with Crippen molar-refractivity contribution >= 4 is 28.2 Å². The summed E-state index contributed by atoms with van der Waals surface area (Å²) in [6.45, 7) is 0. The number of ether oxygens (including phenoxy) is 2. The quantitative estimate of drug-likeness (QED) is 0.312. The summed E-state index contributed by atoms with van der Waals surface area (Å²) in [5.74, 6) is 0.639. The average molecular weight is 391 g/mol. The van der Waals surface area contributed by atoms with Gasteiger partial charge in [0.15, 0.2) is 11.6 Å². The first-order chi connectivity index (χ1) is 13.0. The second-order valence-corrected chi connectivity index (χ2v) is 6.13. The molecule has 0 bridgehead atoms. The van der Waals surface area contributed by atoms with Crippen molar-refractivity contribution in [2.45, 2.75) is 12.8 Å². The van der Waals surface area contributed by atoms with E-state index in [0.29, 0.717) is 28.3 Å². The summed E-state index contributed by atoms with van der Waals surface area (Å²) in [6, 6.07) is 8.51. The fourth-order valence-corrected chi connectivity index (χ4v) is 2.86. The van der Waals surface area contributed by atoms with Crippen molar-refractivity contribution in [2.24, 2.45) is 0 Å². The maximum absolute atomic E-state index is 14.2. The van der Waals surface area contributed by atoms with Crippen LogP contribution in [0, 0.1) is 15.9 Å². The van der Waals surface area contributed by atoms with Crippen LogP contribution in [0.15, 0.2) is 42.6 Å². The SMILES string of the molecule is COc1cc2c(Oc3ccc([N+](=O)[O-])cc3F)ccnc2cc1CCCCl. The highest BCUT2D eigenvalue weighted by Crippen LogP contribution is 2.35. The van der Waals surface area contributed by atoms with E-state index in [0.717, 1.165) is 24.5 Å². The van der Waals surface area contributed by atoms with Gasteiger partial charge in [0.05, 0.1) is 23.6 Å². The Labute approximate surface area is 159 Å². The van der Waals surface area contributed by atoms with E-state index in [1.165, 1.54) is 12.1 Å². The lowest BCUT2D eigenvalue weighted by Gasteiger charge is -2.13. The van der Waals surface area contributed by atoms with Gasteiger partial charge >= 0.3 is 0 Å². The molecule has 0 N–H and O–H groups in total. The lowest BCUT2D eigenvalue weighted by atomic mass is 10.1. The highest BCUT2D eigenvalue weighted by molar-refractivity contribution is 6.17. The molecule has 8 heteroatoms. The average Bonchev–Trinajstić information content (AvgIpc) is 2.67. The zero-order valence-corrected chi connectivity index (χ0v) is 15.2. The number of alkyl halides is 1. The summed E-state index contributed by atoms with van der Waals surface area (Å²) in [5, 5.41) is 11.4. The minimum absolute atomic E-state index is 0.113. The molecule has 140 valence electrons. The summed E-state index contributed by atoms with van der Waals surface area (Å²) in [6.07, 6.45) is 3.10. The number of benzene rings is 2. The number of aromatic nitrogens is 1. The van der Waals surface area contributed by atoms with Gasteiger partial charge < -0.3 is 9.47 Å². The molecule has 1 aromatic heterocycles. The van der Waals surface area contributed by atoms with Crippen LogP contribution in [0.4, 0.5) is 10.1 Å². The molecule has 0 saturated heterocycles. The van der Waals surface area contributed by atoms with Gasteiger partial charge in [-0.05, 0) is 42.7 Å². The van der Waals surface area contributed by atoms with E-state index in [1.54, 1.807) is 25.4 Å². The Morgan fingerprint density at radius 3 is 2.67 bits per heavy atom. The molecule has 0 amide bonds. The van der Waals surface area contributed by atoms with Crippen LogP contribution >= 0.6 is 11.6 Å². The fourth-order valence-electron chi connectivity index (χ4n) is 2.73. The second-order valence-electron chi connectivity index (χ2n) is 5.76. The number of nitro benzene ring substituents is 1. The predicted octanol–water partition coefficient (Wildman–Crippen LogP) is 5.25. The molecule has 0 aliphatic rings. The minimum Gasteiger partial charge on any atom is -0.496 e. The van der Waals surface area contributed by atoms with Gasteiger partial charge in [-0.3, -0.25) is 15.1 Å². The van der Waals surface area contributed by atoms with Crippen LogP contribution in [0.5, 0.6) is 17.2 Å². The van der Waals surface area contributed by atoms with Crippen molar-refractivity contribution < 1.29 is 18.8 Å². The van der Waals surface area contributed by atoms with Gasteiger partial charge in [0.25, 0.3) is 5.69 Å². The summed E-state index contributed by atoms with van der Waals surface area (Å²) in [4.78, 5) is 14.4. The lowest BCUT2D eigenvalue weighted by Crippen LogP contribution is -1.96. The van der Waals surface area contributed by atoms with E-state index >= 15 is 0 Å². The number of pyridine rings is 1. The highest BCUT2D eigenvalue weighted by atomic mass is 35.5. The lowest BCUT2D eigenvalue weighted by molar-refractivity contribution is -0.385. The number of non-ortho nitro benzene ring substituents is 1. The minimum atomic E-state index is -0.820. The smallest absolute Gasteiger partial charge is 0.272 e. The van der Waals surface area contributed by atoms with E-state index in [1.807, 2.05) is 6.07 Å². The molecule has 6 nitrogen and oxygen atoms in total. The van der Waals surface area contributed by atoms with Crippen LogP contribution < -0.4 is 9.47 Å². The van der Waals surface area contributed by atoms with Gasteiger partial charge in [0.2, 0.25) is 0 Å². The molecule has 0 spiro atoms. The van der Waals surface area contributed by atoms with Crippen LogP contribution in [0.25, 0.3) is 10.9 Å². The Balaban J connectivity index is 2.01. The van der Waals surface area contributed by atoms with Gasteiger partial charge in [-0.25, -0.2) is 4.39 Å². The second kappa shape index (κ2) is 8.18. The topological polar surface area (TPSA) is 74.5 Å². The van der Waals surface area contributed by atoms with Gasteiger partial charge in [-0.2, -0.15) is 0 Å². The zero-order valence-electron chi connectivity index (χ0n) is 14.4. The van der Waals surface area contributed by atoms with Crippen molar-refractivity contribution in [3.63, 3.8) is 0 Å². The highest BCUT2D eigenvalue weighted by Gasteiger charge is 2.15. The first kappa shape index (κ1) is 18.8. The molecule has 27 heavy (non-hydrogen) atoms. The fraction of sp³-hybridized carbons (Fsp3) is 0.211. The van der Waals surface area contributed by atoms with Crippen molar-refractivity contribution in [3.05, 3.63) is 64.1 Å². The third-order valence-corrected chi connectivity index (χ3v) is 4.30. The van der Waals surface area contributed by atoms with Crippen LogP contribution in [0.1, 0.15) is 12.0 Å². The molecule has 0 aliphatic heterocycles. The van der Waals surface area contributed by atoms with Crippen LogP contribution in [-0.4, -0.2) is 22.9 Å². The van der Waals surface area contributed by atoms with E-state index in [9.17, 15) is 14.5 Å². The third-order valence-electron chi connectivity index (χ3n) is 4.03. The standard InChI is InChI=1S/C19H16ClFN2O4/c1-26-19-11-14-16(9-12(19)3-2-7-20)22-8-6-17(14)27-18-5-4-13(23(24)25)10-15(18)21/h4-6,8-11H,2-3,7H2,1H3. The van der Waals surface area contributed by atoms with Crippen molar-refractivity contribution in [1.29, 1.82) is 0 Å². The van der Waals surface area contributed by atoms with E-state index in [4.69, 9.17) is 21.1 Å². The van der Waals surface area contributed by atoms with Gasteiger partial charge in [0.1, 0.15) is 11.5 Å². The maximum atomic E-state index is 14.2. The largest absolute Gasteiger partial charge is 0.496 e. The Kier molecular flexibility index (Phi) is 5.71. The first-order valence-corrected chi connectivity index (χ1v) is 8.70. The number of hydrogen-bond acceptors (Lipinski definition) is 5. The Morgan fingerprint density at radius 1 is 1.19 bits per heavy atom. The van der Waals surface area contributed by atoms with Crippen LogP contribution in [-0.2, 0) is 6.42 Å². The Hall–Kier alpha value is -2.93. The molecule has 0 atom stereocenters. The summed E-state index contributed by atoms with van der Waals surface area (Å²) in [5.41, 5.74) is 1.29. The van der Waals surface area contributed by atoms with Crippen LogP contribution in [0.2, 0.25) is 0 Å². The number of fused-ring (bicyclic) bond motifs is 1. The molecule has 0 radical (unpaired) electrons. The molecule has 0 unspecified atom stereocenters. The van der Waals surface area contributed by atoms with Crippen molar-refractivity contribution in [3.8, 4) is 17.2 Å². The van der Waals surface area contributed by atoms with Crippen molar-refractivity contribution in [1.82, 2.24) is 4.98 Å². The summed E-state index contributed by atoms with van der Waals surface area (Å²) < 4.78 is 25.3. The number of aryl methyl sites for hydroxylation is 1. The Morgan fingerprint density at radius 2 is 2.00 bits per heavy atom. The molecule has 2 aromatic carbocycles. The molecular formula is C19H16ClFN2O4. The maximum Gasteiger partial charge on any atom is 0.272 e. The molecule has 0 aliphatic carbocycles. The van der Waals surface area contributed by atoms with Gasteiger partial charge in [-0.1, -0.05) is 0 Å². The third kappa shape index (κ3) is 4.09. The van der Waals surface area contributed by atoms with Crippen LogP contribution in [0.3, 0.4) is 0 Å². The summed E-state index contributed by atoms with van der Waals surface area (Å²) >= 11 is 5.77. The van der Waals surface area contributed by atoms with E-state index in [-0.39, 0.29) is 11.4 Å². The number of nitro groups is 1. The van der Waals surface area contributed by atoms with Gasteiger partial charge in [-0.15, -0.1) is 11.6 Å². The summed E-state index contributed by atoms with van der Waals surface area (Å²) in [7, 11) is 1.57. The molecule has 3 aromatic rings. The molecule has 0 saturated carbocycles. The Bertz CT molecular complexity index is 997. The normalized spacial score (nSPS) is 10.8. The van der Waals surface area contributed by atoms with Gasteiger partial charge in [0, 0.05) is 23.5 Å². The molecular weight excluding hydrogens is 375 g/mol. The van der Waals surface area contributed by atoms with E-state index < -0.39 is 10.7 Å². The monoisotopic (exact) mass is 390 g/mol. The number of nitrogens with zero attached hydrogens (tertiary/aromatic N) is 2. The first-order valence-electron chi connectivity index (χ1n) is 8.17. The molecule has 0 fully saturated rings. The molecule has 3 rings (SSSR count). The number of rotatable bonds is 7. The zero-order chi connectivity index (χ0) is 19.4. The van der Waals surface area contributed by atoms with E-state index in [2.05, 4.69) is 4.98 Å². The number of methoxy groups -OCH3 is 1. The number of hydrogen-bond donors (Lipinski definition) is 0. The predicted molar refractivity (Wildman–Crippen MR) is 100 cm³/mol.